The molecule has 1 aliphatic rings. The topological polar surface area (TPSA) is 40.5 Å². The van der Waals surface area contributed by atoms with E-state index in [-0.39, 0.29) is 17.1 Å². The van der Waals surface area contributed by atoms with Crippen molar-refractivity contribution in [3.8, 4) is 0 Å². The van der Waals surface area contributed by atoms with Crippen molar-refractivity contribution < 1.29 is 27.3 Å². The fraction of sp³-hybridized carbons (Fsp3) is 0.267. The summed E-state index contributed by atoms with van der Waals surface area (Å²) < 4.78 is 0. The van der Waals surface area contributed by atoms with Crippen LogP contribution in [-0.2, 0) is 17.1 Å². The van der Waals surface area contributed by atoms with E-state index in [2.05, 4.69) is 6.92 Å². The number of rotatable bonds is 3. The van der Waals surface area contributed by atoms with Crippen LogP contribution in [0, 0.1) is 0 Å². The molecule has 0 atom stereocenters. The molecule has 18 heavy (non-hydrogen) atoms. The molecule has 1 aromatic carbocycles. The third-order valence-corrected chi connectivity index (χ3v) is 2.50. The van der Waals surface area contributed by atoms with Gasteiger partial charge in [0.15, 0.2) is 0 Å². The summed E-state index contributed by atoms with van der Waals surface area (Å²) in [4.78, 5) is 0. The Morgan fingerprint density at radius 2 is 1.89 bits per heavy atom. The molecule has 0 spiro atoms. The van der Waals surface area contributed by atoms with Crippen LogP contribution in [0.4, 0.5) is 0 Å². The van der Waals surface area contributed by atoms with Crippen molar-refractivity contribution in [2.45, 2.75) is 26.2 Å². The fourth-order valence-corrected chi connectivity index (χ4v) is 1.58. The zero-order valence-electron chi connectivity index (χ0n) is 10.5. The Morgan fingerprint density at radius 3 is 2.33 bits per heavy atom. The van der Waals surface area contributed by atoms with Crippen LogP contribution < -0.4 is 0 Å². The number of unbranched alkanes of at least 4 members (excludes halogenated alkanes) is 1. The van der Waals surface area contributed by atoms with E-state index in [0.717, 1.165) is 24.8 Å². The Balaban J connectivity index is 0.000000405. The van der Waals surface area contributed by atoms with Gasteiger partial charge >= 0.3 is 0 Å². The minimum atomic E-state index is -0.564. The maximum absolute atomic E-state index is 8.86. The average Bonchev–Trinajstić information content (AvgIpc) is 2.99. The SMILES string of the molecule is CCCCC1=CC=CC1=C(O)O.[Fe].c1cc[cH-]c1. The van der Waals surface area contributed by atoms with Gasteiger partial charge in [-0.2, -0.15) is 18.2 Å². The van der Waals surface area contributed by atoms with E-state index in [1.54, 1.807) is 6.08 Å². The molecule has 1 aromatic rings. The first-order valence-corrected chi connectivity index (χ1v) is 5.92. The zero-order chi connectivity index (χ0) is 12.5. The smallest absolute Gasteiger partial charge is 0.281 e. The van der Waals surface area contributed by atoms with Gasteiger partial charge in [0.2, 0.25) is 0 Å². The Labute approximate surface area is 119 Å². The molecular formula is C15H19FeO2-. The van der Waals surface area contributed by atoms with Crippen molar-refractivity contribution in [3.63, 3.8) is 0 Å². The molecule has 0 aromatic heterocycles. The van der Waals surface area contributed by atoms with Gasteiger partial charge in [0.1, 0.15) is 0 Å². The van der Waals surface area contributed by atoms with E-state index >= 15 is 0 Å². The second kappa shape index (κ2) is 9.69. The van der Waals surface area contributed by atoms with Crippen LogP contribution in [0.1, 0.15) is 26.2 Å². The second-order valence-corrected chi connectivity index (χ2v) is 3.85. The summed E-state index contributed by atoms with van der Waals surface area (Å²) in [7, 11) is 0. The average molecular weight is 287 g/mol. The summed E-state index contributed by atoms with van der Waals surface area (Å²) >= 11 is 0. The van der Waals surface area contributed by atoms with Crippen molar-refractivity contribution in [2.75, 3.05) is 0 Å². The number of aliphatic hydroxyl groups is 2. The molecule has 100 valence electrons. The molecule has 0 bridgehead atoms. The third kappa shape index (κ3) is 5.85. The molecule has 2 N–H and O–H groups in total. The standard InChI is InChI=1S/C10H14O2.C5H5.Fe/c1-2-3-5-8-6-4-7-9(8)10(11)12;1-2-4-5-3-1;/h4,6-7,11-12H,2-3,5H2,1H3;1-5H;/q;-1;. The van der Waals surface area contributed by atoms with Crippen LogP contribution in [0.5, 0.6) is 0 Å². The van der Waals surface area contributed by atoms with Gasteiger partial charge in [-0.1, -0.05) is 25.5 Å². The van der Waals surface area contributed by atoms with Gasteiger partial charge in [0.05, 0.1) is 5.57 Å². The molecule has 0 saturated carbocycles. The third-order valence-electron chi connectivity index (χ3n) is 2.50. The monoisotopic (exact) mass is 287 g/mol. The van der Waals surface area contributed by atoms with Crippen molar-refractivity contribution in [1.82, 2.24) is 0 Å². The maximum atomic E-state index is 8.86. The maximum Gasteiger partial charge on any atom is 0.281 e. The molecule has 1 aliphatic carbocycles. The van der Waals surface area contributed by atoms with Gasteiger partial charge in [-0.25, -0.2) is 12.1 Å². The summed E-state index contributed by atoms with van der Waals surface area (Å²) in [5.41, 5.74) is 1.60. The summed E-state index contributed by atoms with van der Waals surface area (Å²) in [6.07, 6.45) is 8.62. The summed E-state index contributed by atoms with van der Waals surface area (Å²) in [6, 6.07) is 10.0. The van der Waals surface area contributed by atoms with Crippen LogP contribution in [0.3, 0.4) is 0 Å². The van der Waals surface area contributed by atoms with Crippen molar-refractivity contribution in [2.24, 2.45) is 0 Å². The molecule has 0 amide bonds. The van der Waals surface area contributed by atoms with Crippen LogP contribution in [0.2, 0.25) is 0 Å². The predicted molar refractivity (Wildman–Crippen MR) is 71.1 cm³/mol. The van der Waals surface area contributed by atoms with Crippen LogP contribution in [0.15, 0.2) is 65.7 Å². The van der Waals surface area contributed by atoms with Crippen LogP contribution >= 0.6 is 0 Å². The quantitative estimate of drug-likeness (QED) is 0.491. The van der Waals surface area contributed by atoms with Gasteiger partial charge in [-0.15, -0.1) is 0 Å². The van der Waals surface area contributed by atoms with E-state index in [4.69, 9.17) is 10.2 Å². The molecule has 3 heteroatoms. The van der Waals surface area contributed by atoms with Gasteiger partial charge in [0, 0.05) is 17.1 Å². The molecule has 0 radical (unpaired) electrons. The summed E-state index contributed by atoms with van der Waals surface area (Å²) in [5.74, 6) is -0.564. The van der Waals surface area contributed by atoms with E-state index in [1.165, 1.54) is 0 Å². The fourth-order valence-electron chi connectivity index (χ4n) is 1.58. The molecule has 0 fully saturated rings. The molecule has 0 aliphatic heterocycles. The van der Waals surface area contributed by atoms with Crippen molar-refractivity contribution >= 4 is 0 Å². The Kier molecular flexibility index (Phi) is 8.99. The van der Waals surface area contributed by atoms with E-state index < -0.39 is 5.95 Å². The number of aliphatic hydroxyl groups excluding tert-OH is 1. The molecule has 2 rings (SSSR count). The van der Waals surface area contributed by atoms with Gasteiger partial charge < -0.3 is 10.2 Å². The zero-order valence-corrected chi connectivity index (χ0v) is 11.6. The Hall–Kier alpha value is -1.31. The minimum Gasteiger partial charge on any atom is -0.481 e. The van der Waals surface area contributed by atoms with Crippen LogP contribution in [0.25, 0.3) is 0 Å². The van der Waals surface area contributed by atoms with E-state index in [1.807, 2.05) is 42.5 Å². The molecule has 0 heterocycles. The minimum absolute atomic E-state index is 0. The number of hydrogen-bond acceptors (Lipinski definition) is 2. The normalized spacial score (nSPS) is 12.3. The second-order valence-electron chi connectivity index (χ2n) is 3.85. The molecular weight excluding hydrogens is 268 g/mol. The first-order valence-electron chi connectivity index (χ1n) is 5.92. The van der Waals surface area contributed by atoms with E-state index in [0.29, 0.717) is 5.57 Å². The van der Waals surface area contributed by atoms with Crippen molar-refractivity contribution in [1.29, 1.82) is 0 Å². The summed E-state index contributed by atoms with van der Waals surface area (Å²) in [6.45, 7) is 2.12. The first kappa shape index (κ1) is 16.7. The Bertz CT molecular complexity index is 379. The van der Waals surface area contributed by atoms with Crippen molar-refractivity contribution in [3.05, 3.63) is 65.7 Å². The van der Waals surface area contributed by atoms with Crippen LogP contribution in [-0.4, -0.2) is 10.2 Å². The van der Waals surface area contributed by atoms with E-state index in [9.17, 15) is 0 Å². The summed E-state index contributed by atoms with van der Waals surface area (Å²) in [5, 5.41) is 17.7. The molecule has 2 nitrogen and oxygen atoms in total. The first-order chi connectivity index (χ1) is 8.25. The largest absolute Gasteiger partial charge is 0.481 e. The number of hydrogen-bond donors (Lipinski definition) is 2. The Morgan fingerprint density at radius 1 is 1.22 bits per heavy atom. The van der Waals surface area contributed by atoms with Gasteiger partial charge in [-0.3, -0.25) is 0 Å². The van der Waals surface area contributed by atoms with Gasteiger partial charge in [0.25, 0.3) is 5.95 Å². The molecule has 0 saturated heterocycles. The number of allylic oxidation sites excluding steroid dienone is 5. The predicted octanol–water partition coefficient (Wildman–Crippen LogP) is 4.40. The molecule has 0 unspecified atom stereocenters. The van der Waals surface area contributed by atoms with Gasteiger partial charge in [-0.05, 0) is 24.5 Å².